The Balaban J connectivity index is 3.09. The number of likely N-dealkylation sites (N-methyl/N-ethyl adjacent to an activating group) is 1. The van der Waals surface area contributed by atoms with Gasteiger partial charge in [-0.15, -0.1) is 0 Å². The molecule has 1 aromatic carbocycles. The Morgan fingerprint density at radius 3 is 2.44 bits per heavy atom. The predicted molar refractivity (Wildman–Crippen MR) is 60.6 cm³/mol. The van der Waals surface area contributed by atoms with Crippen LogP contribution in [-0.4, -0.2) is 35.0 Å². The molecule has 0 aliphatic rings. The Kier molecular flexibility index (Phi) is 4.61. The van der Waals surface area contributed by atoms with Crippen LogP contribution in [0, 0.1) is 11.6 Å². The molecule has 1 rings (SSSR count). The summed E-state index contributed by atoms with van der Waals surface area (Å²) in [6.45, 7) is 1.01. The van der Waals surface area contributed by atoms with Crippen molar-refractivity contribution in [1.29, 1.82) is 0 Å². The minimum atomic E-state index is -1.24. The van der Waals surface area contributed by atoms with E-state index in [4.69, 9.17) is 16.7 Å². The number of benzene rings is 1. The molecular formula is C11H10ClF2NO3. The molecule has 98 valence electrons. The van der Waals surface area contributed by atoms with Crippen molar-refractivity contribution in [3.05, 3.63) is 34.4 Å². The predicted octanol–water partition coefficient (Wildman–Crippen LogP) is 2.16. The molecule has 7 heteroatoms. The van der Waals surface area contributed by atoms with Gasteiger partial charge >= 0.3 is 5.97 Å². The van der Waals surface area contributed by atoms with Crippen molar-refractivity contribution in [1.82, 2.24) is 4.90 Å². The van der Waals surface area contributed by atoms with E-state index in [9.17, 15) is 18.4 Å². The highest BCUT2D eigenvalue weighted by Gasteiger charge is 2.21. The van der Waals surface area contributed by atoms with E-state index in [-0.39, 0.29) is 6.54 Å². The van der Waals surface area contributed by atoms with Gasteiger partial charge in [0.2, 0.25) is 0 Å². The Labute approximate surface area is 107 Å². The van der Waals surface area contributed by atoms with Crippen molar-refractivity contribution in [2.24, 2.45) is 0 Å². The van der Waals surface area contributed by atoms with Crippen LogP contribution >= 0.6 is 11.6 Å². The van der Waals surface area contributed by atoms with Crippen LogP contribution in [0.25, 0.3) is 0 Å². The Morgan fingerprint density at radius 1 is 1.33 bits per heavy atom. The lowest BCUT2D eigenvalue weighted by atomic mass is 10.1. The van der Waals surface area contributed by atoms with Gasteiger partial charge < -0.3 is 10.0 Å². The average Bonchev–Trinajstić information content (AvgIpc) is 2.29. The molecule has 18 heavy (non-hydrogen) atoms. The number of carboxylic acids is 1. The fourth-order valence-electron chi connectivity index (χ4n) is 1.35. The van der Waals surface area contributed by atoms with E-state index in [0.29, 0.717) is 12.1 Å². The van der Waals surface area contributed by atoms with Crippen molar-refractivity contribution < 1.29 is 23.5 Å². The van der Waals surface area contributed by atoms with Crippen molar-refractivity contribution in [3.8, 4) is 0 Å². The third-order valence-corrected chi connectivity index (χ3v) is 2.53. The van der Waals surface area contributed by atoms with Crippen molar-refractivity contribution in [3.63, 3.8) is 0 Å². The number of carbonyl (C=O) groups is 2. The van der Waals surface area contributed by atoms with E-state index in [1.807, 2.05) is 0 Å². The van der Waals surface area contributed by atoms with Gasteiger partial charge in [-0.25, -0.2) is 8.78 Å². The van der Waals surface area contributed by atoms with Crippen LogP contribution in [0.2, 0.25) is 5.02 Å². The van der Waals surface area contributed by atoms with Crippen LogP contribution in [0.3, 0.4) is 0 Å². The summed E-state index contributed by atoms with van der Waals surface area (Å²) in [6, 6.07) is 1.34. The quantitative estimate of drug-likeness (QED) is 0.858. The maximum Gasteiger partial charge on any atom is 0.323 e. The molecular weight excluding hydrogens is 268 g/mol. The molecule has 1 N–H and O–H groups in total. The van der Waals surface area contributed by atoms with E-state index < -0.39 is 40.6 Å². The average molecular weight is 278 g/mol. The third kappa shape index (κ3) is 3.16. The van der Waals surface area contributed by atoms with Crippen LogP contribution in [0.5, 0.6) is 0 Å². The molecule has 0 saturated carbocycles. The lowest BCUT2D eigenvalue weighted by Crippen LogP contribution is -2.36. The minimum Gasteiger partial charge on any atom is -0.480 e. The molecule has 0 fully saturated rings. The summed E-state index contributed by atoms with van der Waals surface area (Å²) in [5.41, 5.74) is -0.542. The summed E-state index contributed by atoms with van der Waals surface area (Å²) in [4.78, 5) is 23.2. The molecule has 0 heterocycles. The van der Waals surface area contributed by atoms with E-state index in [1.54, 1.807) is 0 Å². The summed E-state index contributed by atoms with van der Waals surface area (Å²) in [5, 5.41) is 8.16. The highest BCUT2D eigenvalue weighted by atomic mass is 35.5. The fraction of sp³-hybridized carbons (Fsp3) is 0.273. The Morgan fingerprint density at radius 2 is 1.94 bits per heavy atom. The van der Waals surface area contributed by atoms with Gasteiger partial charge in [-0.05, 0) is 19.1 Å². The topological polar surface area (TPSA) is 57.6 Å². The van der Waals surface area contributed by atoms with E-state index in [2.05, 4.69) is 0 Å². The molecule has 0 atom stereocenters. The first-order valence-electron chi connectivity index (χ1n) is 5.02. The molecule has 1 aromatic rings. The zero-order valence-corrected chi connectivity index (χ0v) is 10.2. The van der Waals surface area contributed by atoms with E-state index in [0.717, 1.165) is 4.90 Å². The van der Waals surface area contributed by atoms with Gasteiger partial charge in [0.15, 0.2) is 0 Å². The normalized spacial score (nSPS) is 10.2. The number of aliphatic carboxylic acids is 1. The standard InChI is InChI=1S/C11H10ClF2NO3/c1-2-15(5-10(16)17)11(18)6-3-9(14)7(12)4-8(6)13/h3-4H,2,5H2,1H3,(H,16,17). The summed E-state index contributed by atoms with van der Waals surface area (Å²) >= 11 is 5.35. The van der Waals surface area contributed by atoms with Crippen LogP contribution in [0.4, 0.5) is 8.78 Å². The lowest BCUT2D eigenvalue weighted by Gasteiger charge is -2.18. The highest BCUT2D eigenvalue weighted by molar-refractivity contribution is 6.30. The second kappa shape index (κ2) is 5.77. The maximum absolute atomic E-state index is 13.5. The second-order valence-corrected chi connectivity index (χ2v) is 3.87. The SMILES string of the molecule is CCN(CC(=O)O)C(=O)c1cc(F)c(Cl)cc1F. The van der Waals surface area contributed by atoms with Crippen LogP contribution in [0.15, 0.2) is 12.1 Å². The van der Waals surface area contributed by atoms with Gasteiger partial charge in [-0.2, -0.15) is 0 Å². The largest absolute Gasteiger partial charge is 0.480 e. The van der Waals surface area contributed by atoms with Crippen LogP contribution < -0.4 is 0 Å². The lowest BCUT2D eigenvalue weighted by molar-refractivity contribution is -0.137. The van der Waals surface area contributed by atoms with E-state index >= 15 is 0 Å². The molecule has 0 aliphatic heterocycles. The minimum absolute atomic E-state index is 0.0643. The molecule has 4 nitrogen and oxygen atoms in total. The highest BCUT2D eigenvalue weighted by Crippen LogP contribution is 2.20. The molecule has 0 radical (unpaired) electrons. The molecule has 0 bridgehead atoms. The monoisotopic (exact) mass is 277 g/mol. The number of hydrogen-bond donors (Lipinski definition) is 1. The number of carboxylic acid groups (broad SMARTS) is 1. The number of halogens is 3. The van der Waals surface area contributed by atoms with Gasteiger partial charge in [0.1, 0.15) is 18.2 Å². The van der Waals surface area contributed by atoms with Crippen molar-refractivity contribution >= 4 is 23.5 Å². The van der Waals surface area contributed by atoms with Gasteiger partial charge in [-0.1, -0.05) is 11.6 Å². The zero-order chi connectivity index (χ0) is 13.9. The van der Waals surface area contributed by atoms with Crippen molar-refractivity contribution in [2.45, 2.75) is 6.92 Å². The molecule has 0 saturated heterocycles. The molecule has 0 spiro atoms. The first-order valence-corrected chi connectivity index (χ1v) is 5.40. The zero-order valence-electron chi connectivity index (χ0n) is 9.41. The van der Waals surface area contributed by atoms with Gasteiger partial charge in [0.05, 0.1) is 10.6 Å². The molecule has 0 unspecified atom stereocenters. The number of hydrogen-bond acceptors (Lipinski definition) is 2. The summed E-state index contributed by atoms with van der Waals surface area (Å²) in [5.74, 6) is -4.06. The Hall–Kier alpha value is -1.69. The summed E-state index contributed by atoms with van der Waals surface area (Å²) in [7, 11) is 0. The number of nitrogens with zero attached hydrogens (tertiary/aromatic N) is 1. The summed E-state index contributed by atoms with van der Waals surface area (Å²) in [6.07, 6.45) is 0. The molecule has 0 aliphatic carbocycles. The van der Waals surface area contributed by atoms with Gasteiger partial charge in [-0.3, -0.25) is 9.59 Å². The Bertz CT molecular complexity index is 493. The van der Waals surface area contributed by atoms with E-state index in [1.165, 1.54) is 6.92 Å². The first-order chi connectivity index (χ1) is 8.36. The molecule has 1 amide bonds. The number of rotatable bonds is 4. The first kappa shape index (κ1) is 14.4. The van der Waals surface area contributed by atoms with Crippen molar-refractivity contribution in [2.75, 3.05) is 13.1 Å². The second-order valence-electron chi connectivity index (χ2n) is 3.46. The maximum atomic E-state index is 13.5. The third-order valence-electron chi connectivity index (χ3n) is 2.24. The van der Waals surface area contributed by atoms with Crippen LogP contribution in [0.1, 0.15) is 17.3 Å². The van der Waals surface area contributed by atoms with Gasteiger partial charge in [0, 0.05) is 6.54 Å². The fourth-order valence-corrected chi connectivity index (χ4v) is 1.50. The van der Waals surface area contributed by atoms with Gasteiger partial charge in [0.25, 0.3) is 5.91 Å². The van der Waals surface area contributed by atoms with Crippen LogP contribution in [-0.2, 0) is 4.79 Å². The smallest absolute Gasteiger partial charge is 0.323 e. The molecule has 0 aromatic heterocycles. The summed E-state index contributed by atoms with van der Waals surface area (Å²) < 4.78 is 26.6. The number of amides is 1. The number of carbonyl (C=O) groups excluding carboxylic acids is 1.